The van der Waals surface area contributed by atoms with Crippen molar-refractivity contribution >= 4 is 32.6 Å². The van der Waals surface area contributed by atoms with E-state index in [2.05, 4.69) is 5.92 Å². The van der Waals surface area contributed by atoms with Crippen molar-refractivity contribution in [3.05, 3.63) is 71.5 Å². The molecule has 1 aliphatic heterocycles. The predicted molar refractivity (Wildman–Crippen MR) is 107 cm³/mol. The number of hydrogen-bond donors (Lipinski definition) is 1. The third kappa shape index (κ3) is 3.48. The molecule has 0 bridgehead atoms. The van der Waals surface area contributed by atoms with E-state index in [4.69, 9.17) is 11.2 Å². The molecule has 8 heteroatoms. The Balaban J connectivity index is 1.88. The summed E-state index contributed by atoms with van der Waals surface area (Å²) in [6.07, 6.45) is 5.40. The molecule has 3 aromatic carbocycles. The summed E-state index contributed by atoms with van der Waals surface area (Å²) in [5.74, 6) is 0.846. The summed E-state index contributed by atoms with van der Waals surface area (Å²) in [5.41, 5.74) is 0.930. The summed E-state index contributed by atoms with van der Waals surface area (Å²) in [4.78, 5) is 11.7. The minimum absolute atomic E-state index is 0.00684. The number of rotatable bonds is 4. The van der Waals surface area contributed by atoms with E-state index in [1.54, 1.807) is 12.1 Å². The number of nitrogens with zero attached hydrogens (tertiary/aromatic N) is 1. The zero-order chi connectivity index (χ0) is 20.6. The molecule has 3 aromatic rings. The van der Waals surface area contributed by atoms with Gasteiger partial charge in [0.05, 0.1) is 0 Å². The van der Waals surface area contributed by atoms with Crippen molar-refractivity contribution in [3.63, 3.8) is 0 Å². The van der Waals surface area contributed by atoms with Gasteiger partial charge >= 0.3 is 10.2 Å². The average Bonchev–Trinajstić information content (AvgIpc) is 2.98. The van der Waals surface area contributed by atoms with Gasteiger partial charge in [-0.2, -0.15) is 8.42 Å². The fraction of sp³-hybridized carbons (Fsp3) is 0.0952. The summed E-state index contributed by atoms with van der Waals surface area (Å²) < 4.78 is 48.5. The molecule has 0 aliphatic carbocycles. The zero-order valence-electron chi connectivity index (χ0n) is 15.1. The molecule has 1 fully saturated rings. The Labute approximate surface area is 167 Å². The lowest BCUT2D eigenvalue weighted by Crippen LogP contribution is -2.30. The van der Waals surface area contributed by atoms with Crippen LogP contribution in [0.1, 0.15) is 11.1 Å². The molecule has 1 saturated heterocycles. The Morgan fingerprint density at radius 3 is 2.59 bits per heavy atom. The highest BCUT2D eigenvalue weighted by Crippen LogP contribution is 2.39. The number of nitrogens with one attached hydrogen (secondary N) is 1. The summed E-state index contributed by atoms with van der Waals surface area (Å²) >= 11 is 0. The van der Waals surface area contributed by atoms with Gasteiger partial charge in [-0.1, -0.05) is 42.3 Å². The highest BCUT2D eigenvalue weighted by atomic mass is 32.2. The average molecular weight is 410 g/mol. The maximum Gasteiger partial charge on any atom is 0.326 e. The Hall–Kier alpha value is -3.57. The molecule has 0 radical (unpaired) electrons. The second kappa shape index (κ2) is 7.11. The van der Waals surface area contributed by atoms with Crippen LogP contribution in [0.4, 0.5) is 10.1 Å². The second-order valence-electron chi connectivity index (χ2n) is 6.43. The largest absolute Gasteiger partial charge is 0.487 e. The van der Waals surface area contributed by atoms with Gasteiger partial charge in [-0.25, -0.2) is 13.4 Å². The van der Waals surface area contributed by atoms with Gasteiger partial charge in [-0.3, -0.25) is 4.79 Å². The van der Waals surface area contributed by atoms with Gasteiger partial charge in [-0.15, -0.1) is 6.42 Å². The molecule has 146 valence electrons. The third-order valence-electron chi connectivity index (χ3n) is 4.49. The van der Waals surface area contributed by atoms with Crippen molar-refractivity contribution in [2.75, 3.05) is 10.8 Å². The quantitative estimate of drug-likeness (QED) is 0.671. The maximum atomic E-state index is 15.5. The van der Waals surface area contributed by atoms with Crippen LogP contribution in [0.5, 0.6) is 5.75 Å². The van der Waals surface area contributed by atoms with E-state index in [1.165, 1.54) is 12.1 Å². The van der Waals surface area contributed by atoms with E-state index in [0.29, 0.717) is 15.3 Å². The van der Waals surface area contributed by atoms with Gasteiger partial charge < -0.3 is 4.74 Å². The van der Waals surface area contributed by atoms with Crippen LogP contribution >= 0.6 is 0 Å². The fourth-order valence-corrected chi connectivity index (χ4v) is 4.29. The number of ether oxygens (including phenoxy) is 1. The number of terminal acetylenes is 1. The molecular weight excluding hydrogens is 395 g/mol. The number of fused-ring (bicyclic) bond motifs is 1. The molecule has 6 nitrogen and oxygen atoms in total. The SMILES string of the molecule is C#Cc1ccc2cc(OCc3ccccc3)c(N3CC(=O)NS3(=O)=O)c(F)c2c1. The predicted octanol–water partition coefficient (Wildman–Crippen LogP) is 2.72. The molecule has 29 heavy (non-hydrogen) atoms. The highest BCUT2D eigenvalue weighted by molar-refractivity contribution is 7.92. The standard InChI is InChI=1S/C21H15FN2O4S/c1-2-14-8-9-16-11-18(28-13-15-6-4-3-5-7-15)21(20(22)17(16)10-14)24-12-19(25)23-29(24,26)27/h1,3-11H,12-13H2,(H,23,25). The van der Waals surface area contributed by atoms with Crippen LogP contribution in [-0.2, 0) is 21.6 Å². The normalized spacial score (nSPS) is 15.2. The van der Waals surface area contributed by atoms with Crippen LogP contribution < -0.4 is 13.8 Å². The van der Waals surface area contributed by atoms with Gasteiger partial charge in [0.25, 0.3) is 5.91 Å². The molecule has 1 amide bonds. The number of amides is 1. The van der Waals surface area contributed by atoms with Crippen LogP contribution in [0, 0.1) is 18.2 Å². The zero-order valence-corrected chi connectivity index (χ0v) is 15.9. The number of hydrogen-bond acceptors (Lipinski definition) is 4. The van der Waals surface area contributed by atoms with Crippen molar-refractivity contribution in [1.29, 1.82) is 0 Å². The lowest BCUT2D eigenvalue weighted by atomic mass is 10.0. The molecule has 1 aliphatic rings. The van der Waals surface area contributed by atoms with Crippen LogP contribution in [-0.4, -0.2) is 20.9 Å². The monoisotopic (exact) mass is 410 g/mol. The Morgan fingerprint density at radius 2 is 1.93 bits per heavy atom. The fourth-order valence-electron chi connectivity index (χ4n) is 3.13. The lowest BCUT2D eigenvalue weighted by Gasteiger charge is -2.21. The highest BCUT2D eigenvalue weighted by Gasteiger charge is 2.38. The third-order valence-corrected chi connectivity index (χ3v) is 5.87. The molecule has 0 saturated carbocycles. The van der Waals surface area contributed by atoms with Crippen molar-refractivity contribution in [2.45, 2.75) is 6.61 Å². The number of carbonyl (C=O) groups excluding carboxylic acids is 1. The van der Waals surface area contributed by atoms with Gasteiger partial charge in [-0.05, 0) is 29.1 Å². The minimum Gasteiger partial charge on any atom is -0.487 e. The Bertz CT molecular complexity index is 1270. The Morgan fingerprint density at radius 1 is 1.17 bits per heavy atom. The Kier molecular flexibility index (Phi) is 4.60. The van der Waals surface area contributed by atoms with Gasteiger partial charge in [0.2, 0.25) is 0 Å². The van der Waals surface area contributed by atoms with E-state index < -0.39 is 28.5 Å². The molecule has 4 rings (SSSR count). The first-order valence-corrected chi connectivity index (χ1v) is 10.1. The summed E-state index contributed by atoms with van der Waals surface area (Å²) in [7, 11) is -4.23. The minimum atomic E-state index is -4.23. The maximum absolute atomic E-state index is 15.5. The summed E-state index contributed by atoms with van der Waals surface area (Å²) in [6, 6.07) is 15.4. The second-order valence-corrected chi connectivity index (χ2v) is 8.02. The van der Waals surface area contributed by atoms with Crippen LogP contribution in [0.2, 0.25) is 0 Å². The molecular formula is C21H15FN2O4S. The molecule has 1 N–H and O–H groups in total. The number of carbonyl (C=O) groups is 1. The van der Waals surface area contributed by atoms with E-state index in [-0.39, 0.29) is 23.4 Å². The number of benzene rings is 3. The van der Waals surface area contributed by atoms with Gasteiger partial charge in [0.1, 0.15) is 24.6 Å². The smallest absolute Gasteiger partial charge is 0.326 e. The van der Waals surface area contributed by atoms with E-state index in [1.807, 2.05) is 35.1 Å². The number of anilines is 1. The van der Waals surface area contributed by atoms with Crippen LogP contribution in [0.3, 0.4) is 0 Å². The van der Waals surface area contributed by atoms with E-state index in [9.17, 15) is 13.2 Å². The molecule has 0 atom stereocenters. The first-order chi connectivity index (χ1) is 13.9. The van der Waals surface area contributed by atoms with Crippen molar-refractivity contribution in [3.8, 4) is 18.1 Å². The first kappa shape index (κ1) is 18.8. The lowest BCUT2D eigenvalue weighted by molar-refractivity contribution is -0.117. The molecule has 0 spiro atoms. The van der Waals surface area contributed by atoms with Crippen molar-refractivity contribution < 1.29 is 22.3 Å². The first-order valence-electron chi connectivity index (χ1n) is 8.62. The van der Waals surface area contributed by atoms with E-state index in [0.717, 1.165) is 5.56 Å². The summed E-state index contributed by atoms with van der Waals surface area (Å²) in [5, 5.41) is 0.626. The number of halogens is 1. The molecule has 0 aromatic heterocycles. The van der Waals surface area contributed by atoms with Gasteiger partial charge in [0.15, 0.2) is 5.82 Å². The van der Waals surface area contributed by atoms with Crippen molar-refractivity contribution in [1.82, 2.24) is 4.72 Å². The topological polar surface area (TPSA) is 75.7 Å². The van der Waals surface area contributed by atoms with Gasteiger partial charge in [0, 0.05) is 10.9 Å². The van der Waals surface area contributed by atoms with Crippen LogP contribution in [0.15, 0.2) is 54.6 Å². The molecule has 1 heterocycles. The molecule has 0 unspecified atom stereocenters. The van der Waals surface area contributed by atoms with Crippen molar-refractivity contribution in [2.24, 2.45) is 0 Å². The summed E-state index contributed by atoms with van der Waals surface area (Å²) in [6.45, 7) is -0.447. The van der Waals surface area contributed by atoms with Crippen LogP contribution in [0.25, 0.3) is 10.8 Å². The van der Waals surface area contributed by atoms with E-state index >= 15 is 4.39 Å².